The molecule has 1 aromatic heterocycles. The van der Waals surface area contributed by atoms with E-state index in [0.717, 1.165) is 31.9 Å². The zero-order valence-electron chi connectivity index (χ0n) is 18.3. The van der Waals surface area contributed by atoms with Crippen molar-refractivity contribution in [3.8, 4) is 5.75 Å². The van der Waals surface area contributed by atoms with Gasteiger partial charge in [-0.05, 0) is 60.8 Å². The van der Waals surface area contributed by atoms with Gasteiger partial charge in [-0.1, -0.05) is 12.1 Å². The Morgan fingerprint density at radius 3 is 2.47 bits per heavy atom. The summed E-state index contributed by atoms with van der Waals surface area (Å²) in [5.41, 5.74) is 1.63. The van der Waals surface area contributed by atoms with Gasteiger partial charge >= 0.3 is 0 Å². The number of amides is 1. The van der Waals surface area contributed by atoms with E-state index in [1.807, 2.05) is 24.3 Å². The summed E-state index contributed by atoms with van der Waals surface area (Å²) in [6.45, 7) is 5.49. The van der Waals surface area contributed by atoms with E-state index in [4.69, 9.17) is 4.74 Å². The highest BCUT2D eigenvalue weighted by Crippen LogP contribution is 2.30. The molecule has 1 N–H and O–H groups in total. The van der Waals surface area contributed by atoms with E-state index in [-0.39, 0.29) is 23.8 Å². The fourth-order valence-corrected chi connectivity index (χ4v) is 5.21. The number of ether oxygens (including phenoxy) is 1. The van der Waals surface area contributed by atoms with Crippen molar-refractivity contribution in [2.24, 2.45) is 0 Å². The molecule has 1 amide bonds. The van der Waals surface area contributed by atoms with Crippen LogP contribution in [-0.4, -0.2) is 50.1 Å². The normalized spacial score (nSPS) is 16.4. The quantitative estimate of drug-likeness (QED) is 0.569. The number of piperazine rings is 1. The van der Waals surface area contributed by atoms with Crippen molar-refractivity contribution in [2.45, 2.75) is 19.0 Å². The third-order valence-corrected chi connectivity index (χ3v) is 6.84. The van der Waals surface area contributed by atoms with E-state index < -0.39 is 0 Å². The molecule has 2 aromatic carbocycles. The molecule has 0 bridgehead atoms. The molecule has 5 nitrogen and oxygen atoms in total. The Morgan fingerprint density at radius 1 is 1.06 bits per heavy atom. The van der Waals surface area contributed by atoms with Crippen LogP contribution in [0.15, 0.2) is 66.0 Å². The van der Waals surface area contributed by atoms with Crippen molar-refractivity contribution in [3.63, 3.8) is 0 Å². The number of nitrogens with zero attached hydrogens (tertiary/aromatic N) is 2. The third-order valence-electron chi connectivity index (χ3n) is 5.90. The van der Waals surface area contributed by atoms with Gasteiger partial charge in [0.05, 0.1) is 13.2 Å². The second kappa shape index (κ2) is 10.1. The summed E-state index contributed by atoms with van der Waals surface area (Å²) in [6, 6.07) is 18.1. The minimum Gasteiger partial charge on any atom is -0.497 e. The number of carbonyl (C=O) groups excluding carboxylic acids is 1. The fourth-order valence-electron chi connectivity index (χ4n) is 4.25. The van der Waals surface area contributed by atoms with Gasteiger partial charge in [-0.3, -0.25) is 9.69 Å². The minimum atomic E-state index is -0.217. The Labute approximate surface area is 192 Å². The van der Waals surface area contributed by atoms with E-state index in [9.17, 15) is 9.18 Å². The minimum absolute atomic E-state index is 0.0790. The summed E-state index contributed by atoms with van der Waals surface area (Å²) < 4.78 is 18.5. The van der Waals surface area contributed by atoms with Gasteiger partial charge in [-0.25, -0.2) is 4.39 Å². The summed E-state index contributed by atoms with van der Waals surface area (Å²) >= 11 is 1.71. The SMILES string of the molecule is COc1cccc(C(=O)N[C@H](C)[C@@H](c2cccs2)N2CCN(c3ccc(F)cc3)CC2)c1. The maximum Gasteiger partial charge on any atom is 0.251 e. The van der Waals surface area contributed by atoms with Gasteiger partial charge < -0.3 is 15.0 Å². The van der Waals surface area contributed by atoms with Crippen molar-refractivity contribution in [1.29, 1.82) is 0 Å². The topological polar surface area (TPSA) is 44.8 Å². The smallest absolute Gasteiger partial charge is 0.251 e. The highest BCUT2D eigenvalue weighted by molar-refractivity contribution is 7.10. The van der Waals surface area contributed by atoms with Crippen molar-refractivity contribution in [3.05, 3.63) is 82.3 Å². The van der Waals surface area contributed by atoms with E-state index >= 15 is 0 Å². The standard InChI is InChI=1S/C25H28FN3O2S/c1-18(27-25(30)19-5-3-6-22(17-19)31-2)24(23-7-4-16-32-23)29-14-12-28(13-15-29)21-10-8-20(26)9-11-21/h3-11,16-18,24H,12-15H2,1-2H3,(H,27,30)/t18-,24+/m1/s1. The summed E-state index contributed by atoms with van der Waals surface area (Å²) in [6.07, 6.45) is 0. The van der Waals surface area contributed by atoms with Gasteiger partial charge in [-0.2, -0.15) is 0 Å². The van der Waals surface area contributed by atoms with Crippen molar-refractivity contribution in [1.82, 2.24) is 10.2 Å². The van der Waals surface area contributed by atoms with E-state index in [2.05, 4.69) is 39.6 Å². The van der Waals surface area contributed by atoms with Crippen LogP contribution < -0.4 is 15.0 Å². The third kappa shape index (κ3) is 5.11. The highest BCUT2D eigenvalue weighted by atomic mass is 32.1. The molecule has 0 unspecified atom stereocenters. The summed E-state index contributed by atoms with van der Waals surface area (Å²) in [5, 5.41) is 5.27. The van der Waals surface area contributed by atoms with Gasteiger partial charge in [0.2, 0.25) is 0 Å². The Kier molecular flexibility index (Phi) is 7.07. The van der Waals surface area contributed by atoms with Crippen LogP contribution in [0.4, 0.5) is 10.1 Å². The molecule has 1 fully saturated rings. The maximum atomic E-state index is 13.3. The van der Waals surface area contributed by atoms with Crippen molar-refractivity contribution in [2.75, 3.05) is 38.2 Å². The Balaban J connectivity index is 1.46. The van der Waals surface area contributed by atoms with Crippen LogP contribution in [0.1, 0.15) is 28.2 Å². The van der Waals surface area contributed by atoms with E-state index in [1.54, 1.807) is 30.6 Å². The van der Waals surface area contributed by atoms with Crippen molar-refractivity contribution >= 4 is 22.9 Å². The molecule has 0 spiro atoms. The number of benzene rings is 2. The molecule has 168 valence electrons. The second-order valence-corrected chi connectivity index (χ2v) is 8.93. The molecule has 32 heavy (non-hydrogen) atoms. The average Bonchev–Trinajstić information content (AvgIpc) is 3.34. The number of anilines is 1. The Hall–Kier alpha value is -2.90. The number of hydrogen-bond donors (Lipinski definition) is 1. The molecule has 7 heteroatoms. The molecule has 1 saturated heterocycles. The molecule has 4 rings (SSSR count). The number of rotatable bonds is 7. The van der Waals surface area contributed by atoms with Gasteiger partial charge in [0, 0.05) is 48.3 Å². The number of methoxy groups -OCH3 is 1. The fraction of sp³-hybridized carbons (Fsp3) is 0.320. The first-order valence-corrected chi connectivity index (χ1v) is 11.7. The van der Waals surface area contributed by atoms with Crippen LogP contribution >= 0.6 is 11.3 Å². The lowest BCUT2D eigenvalue weighted by Crippen LogP contribution is -2.52. The zero-order chi connectivity index (χ0) is 22.5. The number of nitrogens with one attached hydrogen (secondary N) is 1. The average molecular weight is 454 g/mol. The molecule has 0 saturated carbocycles. The van der Waals surface area contributed by atoms with Crippen LogP contribution in [0.25, 0.3) is 0 Å². The molecular formula is C25H28FN3O2S. The summed E-state index contributed by atoms with van der Waals surface area (Å²) in [4.78, 5) is 18.9. The largest absolute Gasteiger partial charge is 0.497 e. The molecule has 2 atom stereocenters. The number of hydrogen-bond acceptors (Lipinski definition) is 5. The van der Waals surface area contributed by atoms with Crippen LogP contribution in [-0.2, 0) is 0 Å². The van der Waals surface area contributed by atoms with Crippen LogP contribution in [0.5, 0.6) is 5.75 Å². The first-order valence-electron chi connectivity index (χ1n) is 10.8. The number of halogens is 1. The lowest BCUT2D eigenvalue weighted by molar-refractivity contribution is 0.0890. The first-order chi connectivity index (χ1) is 15.5. The Morgan fingerprint density at radius 2 is 1.81 bits per heavy atom. The lowest BCUT2D eigenvalue weighted by atomic mass is 10.0. The predicted octanol–water partition coefficient (Wildman–Crippen LogP) is 4.58. The summed E-state index contributed by atoms with van der Waals surface area (Å²) in [7, 11) is 1.60. The highest BCUT2D eigenvalue weighted by Gasteiger charge is 2.31. The first kappa shape index (κ1) is 22.3. The van der Waals surface area contributed by atoms with Crippen LogP contribution in [0, 0.1) is 5.82 Å². The van der Waals surface area contributed by atoms with Gasteiger partial charge in [0.15, 0.2) is 0 Å². The van der Waals surface area contributed by atoms with Gasteiger partial charge in [0.25, 0.3) is 5.91 Å². The molecule has 1 aliphatic rings. The molecular weight excluding hydrogens is 425 g/mol. The predicted molar refractivity (Wildman–Crippen MR) is 127 cm³/mol. The molecule has 3 aromatic rings. The second-order valence-electron chi connectivity index (χ2n) is 7.95. The Bertz CT molecular complexity index is 1020. The molecule has 1 aliphatic heterocycles. The van der Waals surface area contributed by atoms with Gasteiger partial charge in [-0.15, -0.1) is 11.3 Å². The zero-order valence-corrected chi connectivity index (χ0v) is 19.1. The molecule has 0 aliphatic carbocycles. The van der Waals surface area contributed by atoms with E-state index in [1.165, 1.54) is 17.0 Å². The number of carbonyl (C=O) groups is 1. The van der Waals surface area contributed by atoms with Crippen LogP contribution in [0.3, 0.4) is 0 Å². The van der Waals surface area contributed by atoms with Crippen molar-refractivity contribution < 1.29 is 13.9 Å². The monoisotopic (exact) mass is 453 g/mol. The van der Waals surface area contributed by atoms with Crippen LogP contribution in [0.2, 0.25) is 0 Å². The lowest BCUT2D eigenvalue weighted by Gasteiger charge is -2.42. The summed E-state index contributed by atoms with van der Waals surface area (Å²) in [5.74, 6) is 0.339. The van der Waals surface area contributed by atoms with E-state index in [0.29, 0.717) is 11.3 Å². The van der Waals surface area contributed by atoms with Gasteiger partial charge in [0.1, 0.15) is 11.6 Å². The molecule has 0 radical (unpaired) electrons. The number of thiophene rings is 1. The molecule has 2 heterocycles. The maximum absolute atomic E-state index is 13.3.